The predicted molar refractivity (Wildman–Crippen MR) is 54.5 cm³/mol. The predicted octanol–water partition coefficient (Wildman–Crippen LogP) is 1.81. The Bertz CT molecular complexity index is 441. The first-order valence-corrected chi connectivity index (χ1v) is 5.12. The summed E-state index contributed by atoms with van der Waals surface area (Å²) in [6, 6.07) is 0. The Morgan fingerprint density at radius 2 is 2.43 bits per heavy atom. The van der Waals surface area contributed by atoms with Gasteiger partial charge in [0.05, 0.1) is 16.8 Å². The molecule has 0 radical (unpaired) electrons. The summed E-state index contributed by atoms with van der Waals surface area (Å²) >= 11 is 1.36. The average molecular weight is 210 g/mol. The van der Waals surface area contributed by atoms with Gasteiger partial charge in [-0.15, -0.1) is 11.3 Å². The molecule has 0 saturated carbocycles. The summed E-state index contributed by atoms with van der Waals surface area (Å²) in [4.78, 5) is 15.5. The van der Waals surface area contributed by atoms with Crippen molar-refractivity contribution in [2.75, 3.05) is 6.61 Å². The molecule has 14 heavy (non-hydrogen) atoms. The number of hydrogen-bond donors (Lipinski definition) is 0. The Kier molecular flexibility index (Phi) is 2.25. The number of rotatable bonds is 2. The maximum Gasteiger partial charge on any atom is 0.367 e. The van der Waals surface area contributed by atoms with Crippen LogP contribution in [0.5, 0.6) is 0 Å². The highest BCUT2D eigenvalue weighted by Gasteiger charge is 2.13. The van der Waals surface area contributed by atoms with Gasteiger partial charge >= 0.3 is 5.97 Å². The molecule has 0 atom stereocenters. The van der Waals surface area contributed by atoms with Gasteiger partial charge < -0.3 is 9.30 Å². The van der Waals surface area contributed by atoms with Crippen LogP contribution in [-0.2, 0) is 11.8 Å². The highest BCUT2D eigenvalue weighted by Crippen LogP contribution is 2.22. The number of hydrogen-bond acceptors (Lipinski definition) is 4. The minimum atomic E-state index is -0.337. The van der Waals surface area contributed by atoms with Crippen LogP contribution < -0.4 is 0 Å². The van der Waals surface area contributed by atoms with Crippen LogP contribution in [0.4, 0.5) is 0 Å². The first kappa shape index (κ1) is 9.21. The van der Waals surface area contributed by atoms with Crippen LogP contribution in [-0.4, -0.2) is 22.1 Å². The van der Waals surface area contributed by atoms with Crippen molar-refractivity contribution < 1.29 is 9.53 Å². The zero-order valence-corrected chi connectivity index (χ0v) is 8.80. The molecule has 0 amide bonds. The SMILES string of the molecule is CCOC(=O)c1nc2cn(C)cc2s1. The molecule has 0 unspecified atom stereocenters. The molecule has 0 aliphatic heterocycles. The maximum absolute atomic E-state index is 11.3. The third-order valence-corrected chi connectivity index (χ3v) is 2.76. The lowest BCUT2D eigenvalue weighted by atomic mass is 10.6. The fourth-order valence-electron chi connectivity index (χ4n) is 1.22. The molecule has 0 aromatic carbocycles. The fourth-order valence-corrected chi connectivity index (χ4v) is 2.14. The second kappa shape index (κ2) is 3.42. The van der Waals surface area contributed by atoms with Crippen LogP contribution in [0.15, 0.2) is 12.4 Å². The second-order valence-electron chi connectivity index (χ2n) is 2.91. The Morgan fingerprint density at radius 3 is 3.07 bits per heavy atom. The zero-order valence-electron chi connectivity index (χ0n) is 7.98. The number of nitrogens with zero attached hydrogens (tertiary/aromatic N) is 2. The molecule has 0 aliphatic carbocycles. The van der Waals surface area contributed by atoms with Crippen LogP contribution in [0.25, 0.3) is 10.2 Å². The Morgan fingerprint density at radius 1 is 1.64 bits per heavy atom. The van der Waals surface area contributed by atoms with Crippen molar-refractivity contribution in [1.82, 2.24) is 9.55 Å². The summed E-state index contributed by atoms with van der Waals surface area (Å²) in [6.45, 7) is 2.17. The number of esters is 1. The molecule has 5 heteroatoms. The normalized spacial score (nSPS) is 10.7. The van der Waals surface area contributed by atoms with Crippen molar-refractivity contribution in [2.45, 2.75) is 6.92 Å². The number of thiazole rings is 1. The number of aromatic nitrogens is 2. The summed E-state index contributed by atoms with van der Waals surface area (Å²) in [5, 5.41) is 0.428. The summed E-state index contributed by atoms with van der Waals surface area (Å²) in [6.07, 6.45) is 3.82. The molecule has 0 aliphatic rings. The number of aryl methyl sites for hydroxylation is 1. The smallest absolute Gasteiger partial charge is 0.367 e. The van der Waals surface area contributed by atoms with Crippen molar-refractivity contribution >= 4 is 27.5 Å². The third kappa shape index (κ3) is 1.50. The van der Waals surface area contributed by atoms with Crippen LogP contribution in [0.1, 0.15) is 16.7 Å². The zero-order chi connectivity index (χ0) is 10.1. The van der Waals surface area contributed by atoms with E-state index in [0.717, 1.165) is 10.2 Å². The number of carbonyl (C=O) groups excluding carboxylic acids is 1. The molecule has 2 heterocycles. The van der Waals surface area contributed by atoms with Gasteiger partial charge in [0.25, 0.3) is 0 Å². The highest BCUT2D eigenvalue weighted by molar-refractivity contribution is 7.20. The van der Waals surface area contributed by atoms with Gasteiger partial charge in [0.1, 0.15) is 0 Å². The van der Waals surface area contributed by atoms with E-state index in [4.69, 9.17) is 4.74 Å². The Hall–Kier alpha value is -1.36. The number of ether oxygens (including phenoxy) is 1. The quantitative estimate of drug-likeness (QED) is 0.710. The highest BCUT2D eigenvalue weighted by atomic mass is 32.1. The maximum atomic E-state index is 11.3. The van der Waals surface area contributed by atoms with Crippen molar-refractivity contribution in [3.05, 3.63) is 17.4 Å². The molecule has 0 fully saturated rings. The molecule has 4 nitrogen and oxygen atoms in total. The fraction of sp³-hybridized carbons (Fsp3) is 0.333. The van der Waals surface area contributed by atoms with Crippen molar-refractivity contribution in [1.29, 1.82) is 0 Å². The first-order chi connectivity index (χ1) is 6.70. The minimum absolute atomic E-state index is 0.337. The monoisotopic (exact) mass is 210 g/mol. The van der Waals surface area contributed by atoms with Crippen molar-refractivity contribution in [3.63, 3.8) is 0 Å². The summed E-state index contributed by atoms with van der Waals surface area (Å²) in [5.41, 5.74) is 0.848. The van der Waals surface area contributed by atoms with E-state index in [2.05, 4.69) is 4.98 Å². The van der Waals surface area contributed by atoms with E-state index in [-0.39, 0.29) is 5.97 Å². The molecule has 0 spiro atoms. The lowest BCUT2D eigenvalue weighted by Gasteiger charge is -1.95. The van der Waals surface area contributed by atoms with Gasteiger partial charge in [0.15, 0.2) is 0 Å². The van der Waals surface area contributed by atoms with Crippen molar-refractivity contribution in [3.8, 4) is 0 Å². The van der Waals surface area contributed by atoms with Crippen LogP contribution in [0.2, 0.25) is 0 Å². The van der Waals surface area contributed by atoms with E-state index < -0.39 is 0 Å². The molecular weight excluding hydrogens is 200 g/mol. The van der Waals surface area contributed by atoms with Gasteiger partial charge in [0, 0.05) is 19.4 Å². The van der Waals surface area contributed by atoms with E-state index >= 15 is 0 Å². The molecule has 0 bridgehead atoms. The van der Waals surface area contributed by atoms with Crippen LogP contribution >= 0.6 is 11.3 Å². The van der Waals surface area contributed by atoms with Crippen molar-refractivity contribution in [2.24, 2.45) is 7.05 Å². The standard InChI is InChI=1S/C9H10N2O2S/c1-3-13-9(12)8-10-6-4-11(2)5-7(6)14-8/h4-5H,3H2,1-2H3. The van der Waals surface area contributed by atoms with Gasteiger partial charge in [-0.1, -0.05) is 0 Å². The van der Waals surface area contributed by atoms with Gasteiger partial charge in [-0.2, -0.15) is 0 Å². The largest absolute Gasteiger partial charge is 0.461 e. The molecule has 0 saturated heterocycles. The first-order valence-electron chi connectivity index (χ1n) is 4.30. The summed E-state index contributed by atoms with van der Waals surface area (Å²) in [5.74, 6) is -0.337. The van der Waals surface area contributed by atoms with E-state index in [1.165, 1.54) is 11.3 Å². The minimum Gasteiger partial charge on any atom is -0.461 e. The van der Waals surface area contributed by atoms with Crippen LogP contribution in [0, 0.1) is 0 Å². The lowest BCUT2D eigenvalue weighted by molar-refractivity contribution is 0.0526. The van der Waals surface area contributed by atoms with E-state index in [0.29, 0.717) is 11.6 Å². The second-order valence-corrected chi connectivity index (χ2v) is 3.94. The molecule has 2 aromatic heterocycles. The Balaban J connectivity index is 2.36. The average Bonchev–Trinajstić information content (AvgIpc) is 2.61. The van der Waals surface area contributed by atoms with Gasteiger partial charge in [-0.25, -0.2) is 9.78 Å². The summed E-state index contributed by atoms with van der Waals surface area (Å²) < 4.78 is 7.79. The van der Waals surface area contributed by atoms with E-state index in [9.17, 15) is 4.79 Å². The van der Waals surface area contributed by atoms with Crippen LogP contribution in [0.3, 0.4) is 0 Å². The van der Waals surface area contributed by atoms with Gasteiger partial charge in [-0.3, -0.25) is 0 Å². The topological polar surface area (TPSA) is 44.1 Å². The van der Waals surface area contributed by atoms with Gasteiger partial charge in [0.2, 0.25) is 5.01 Å². The Labute approximate surface area is 85.1 Å². The molecule has 2 rings (SSSR count). The number of fused-ring (bicyclic) bond motifs is 1. The third-order valence-electron chi connectivity index (χ3n) is 1.78. The summed E-state index contributed by atoms with van der Waals surface area (Å²) in [7, 11) is 1.93. The molecule has 74 valence electrons. The molecule has 0 N–H and O–H groups in total. The van der Waals surface area contributed by atoms with E-state index in [1.807, 2.05) is 24.0 Å². The number of carbonyl (C=O) groups is 1. The molecule has 2 aromatic rings. The van der Waals surface area contributed by atoms with E-state index in [1.54, 1.807) is 6.92 Å². The lowest BCUT2D eigenvalue weighted by Crippen LogP contribution is -2.03. The van der Waals surface area contributed by atoms with Gasteiger partial charge in [-0.05, 0) is 6.92 Å². The molecular formula is C9H10N2O2S.